The van der Waals surface area contributed by atoms with E-state index in [4.69, 9.17) is 14.2 Å². The number of hydrogen-bond acceptors (Lipinski definition) is 5. The lowest BCUT2D eigenvalue weighted by Gasteiger charge is -2.21. The summed E-state index contributed by atoms with van der Waals surface area (Å²) in [5, 5.41) is 3.36. The minimum Gasteiger partial charge on any atom is -0.493 e. The molecule has 2 unspecified atom stereocenters. The van der Waals surface area contributed by atoms with E-state index in [1.54, 1.807) is 14.2 Å². The molecule has 0 aromatic heterocycles. The average molecular weight is 363 g/mol. The van der Waals surface area contributed by atoms with Crippen molar-refractivity contribution in [3.05, 3.63) is 23.8 Å². The molecule has 0 amide bonds. The minimum absolute atomic E-state index is 0.121. The predicted molar refractivity (Wildman–Crippen MR) is 101 cm³/mol. The largest absolute Gasteiger partial charge is 0.493 e. The molecule has 2 atom stereocenters. The standard InChI is InChI=1S/C19H29N3O4/c1-6-26-17-9-14(7-8-16(17)24-4)10-21-19(20-3)22-11-13(2)15(12-22)18(23)25-5/h7-9,13,15H,6,10-12H2,1-5H3,(H,20,21). The first-order valence-corrected chi connectivity index (χ1v) is 8.87. The number of aliphatic imine (C=N–C) groups is 1. The molecule has 26 heavy (non-hydrogen) atoms. The highest BCUT2D eigenvalue weighted by Gasteiger charge is 2.36. The van der Waals surface area contributed by atoms with Crippen LogP contribution in [0.2, 0.25) is 0 Å². The maximum absolute atomic E-state index is 11.9. The quantitative estimate of drug-likeness (QED) is 0.473. The summed E-state index contributed by atoms with van der Waals surface area (Å²) in [5.74, 6) is 2.17. The zero-order valence-corrected chi connectivity index (χ0v) is 16.2. The molecule has 7 nitrogen and oxygen atoms in total. The lowest BCUT2D eigenvalue weighted by Crippen LogP contribution is -2.40. The summed E-state index contributed by atoms with van der Waals surface area (Å²) in [6.45, 7) is 6.57. The maximum atomic E-state index is 11.9. The van der Waals surface area contributed by atoms with Crippen molar-refractivity contribution >= 4 is 11.9 Å². The van der Waals surface area contributed by atoms with Gasteiger partial charge in [0.2, 0.25) is 0 Å². The summed E-state index contributed by atoms with van der Waals surface area (Å²) in [6, 6.07) is 5.86. The van der Waals surface area contributed by atoms with Crippen LogP contribution in [-0.4, -0.2) is 57.8 Å². The monoisotopic (exact) mass is 363 g/mol. The lowest BCUT2D eigenvalue weighted by molar-refractivity contribution is -0.145. The number of likely N-dealkylation sites (tertiary alicyclic amines) is 1. The second kappa shape index (κ2) is 9.31. The van der Waals surface area contributed by atoms with Crippen LogP contribution >= 0.6 is 0 Å². The second-order valence-electron chi connectivity index (χ2n) is 6.33. The molecular weight excluding hydrogens is 334 g/mol. The summed E-state index contributed by atoms with van der Waals surface area (Å²) in [7, 11) is 4.81. The summed E-state index contributed by atoms with van der Waals surface area (Å²) in [6.07, 6.45) is 0. The van der Waals surface area contributed by atoms with E-state index in [-0.39, 0.29) is 17.8 Å². The first-order valence-electron chi connectivity index (χ1n) is 8.87. The van der Waals surface area contributed by atoms with Crippen LogP contribution in [0.15, 0.2) is 23.2 Å². The molecule has 0 bridgehead atoms. The van der Waals surface area contributed by atoms with Crippen molar-refractivity contribution < 1.29 is 19.0 Å². The fraction of sp³-hybridized carbons (Fsp3) is 0.579. The van der Waals surface area contributed by atoms with Gasteiger partial charge in [0.1, 0.15) is 0 Å². The zero-order chi connectivity index (χ0) is 19.1. The Bertz CT molecular complexity index is 648. The number of nitrogens with one attached hydrogen (secondary N) is 1. The van der Waals surface area contributed by atoms with E-state index >= 15 is 0 Å². The molecule has 2 rings (SSSR count). The van der Waals surface area contributed by atoms with Crippen molar-refractivity contribution in [3.8, 4) is 11.5 Å². The molecule has 1 fully saturated rings. The highest BCUT2D eigenvalue weighted by atomic mass is 16.5. The van der Waals surface area contributed by atoms with E-state index in [9.17, 15) is 4.79 Å². The van der Waals surface area contributed by atoms with E-state index in [1.165, 1.54) is 7.11 Å². The Balaban J connectivity index is 2.01. The summed E-state index contributed by atoms with van der Waals surface area (Å²) in [5.41, 5.74) is 1.06. The smallest absolute Gasteiger partial charge is 0.310 e. The van der Waals surface area contributed by atoms with Gasteiger partial charge in [-0.15, -0.1) is 0 Å². The number of guanidine groups is 1. The molecule has 0 spiro atoms. The Morgan fingerprint density at radius 1 is 1.31 bits per heavy atom. The number of carbonyl (C=O) groups excluding carboxylic acids is 1. The maximum Gasteiger partial charge on any atom is 0.310 e. The van der Waals surface area contributed by atoms with E-state index in [1.807, 2.05) is 25.1 Å². The summed E-state index contributed by atoms with van der Waals surface area (Å²) < 4.78 is 15.8. The van der Waals surface area contributed by atoms with Crippen LogP contribution in [-0.2, 0) is 16.1 Å². The van der Waals surface area contributed by atoms with Crippen molar-refractivity contribution in [2.24, 2.45) is 16.8 Å². The van der Waals surface area contributed by atoms with Crippen LogP contribution < -0.4 is 14.8 Å². The number of nitrogens with zero attached hydrogens (tertiary/aromatic N) is 2. The fourth-order valence-corrected chi connectivity index (χ4v) is 3.21. The number of carbonyl (C=O) groups is 1. The topological polar surface area (TPSA) is 72.4 Å². The normalized spacial score (nSPS) is 20.0. The molecule has 144 valence electrons. The van der Waals surface area contributed by atoms with Crippen molar-refractivity contribution in [2.45, 2.75) is 20.4 Å². The van der Waals surface area contributed by atoms with Gasteiger partial charge in [-0.25, -0.2) is 0 Å². The Labute approximate surface area is 155 Å². The van der Waals surface area contributed by atoms with E-state index in [0.717, 1.165) is 23.8 Å². The first-order chi connectivity index (χ1) is 12.5. The Morgan fingerprint density at radius 3 is 2.69 bits per heavy atom. The van der Waals surface area contributed by atoms with Gasteiger partial charge < -0.3 is 24.4 Å². The third kappa shape index (κ3) is 4.59. The molecule has 1 aromatic rings. The molecule has 1 aliphatic heterocycles. The van der Waals surface area contributed by atoms with Crippen molar-refractivity contribution in [2.75, 3.05) is 41.0 Å². The number of methoxy groups -OCH3 is 2. The predicted octanol–water partition coefficient (Wildman–Crippen LogP) is 1.91. The van der Waals surface area contributed by atoms with Gasteiger partial charge in [-0.1, -0.05) is 13.0 Å². The van der Waals surface area contributed by atoms with Gasteiger partial charge in [-0.05, 0) is 30.5 Å². The summed E-state index contributed by atoms with van der Waals surface area (Å²) in [4.78, 5) is 18.3. The van der Waals surface area contributed by atoms with E-state index in [0.29, 0.717) is 25.4 Å². The molecular formula is C19H29N3O4. The molecule has 1 saturated heterocycles. The zero-order valence-electron chi connectivity index (χ0n) is 16.2. The van der Waals surface area contributed by atoms with E-state index < -0.39 is 0 Å². The highest BCUT2D eigenvalue weighted by Crippen LogP contribution is 2.28. The number of ether oxygens (including phenoxy) is 3. The lowest BCUT2D eigenvalue weighted by atomic mass is 9.99. The third-order valence-electron chi connectivity index (χ3n) is 4.61. The fourth-order valence-electron chi connectivity index (χ4n) is 3.21. The second-order valence-corrected chi connectivity index (χ2v) is 6.33. The number of esters is 1. The molecule has 0 saturated carbocycles. The van der Waals surface area contributed by atoms with Gasteiger partial charge in [-0.3, -0.25) is 9.79 Å². The first kappa shape index (κ1) is 19.9. The Kier molecular flexibility index (Phi) is 7.12. The molecule has 0 radical (unpaired) electrons. The molecule has 1 N–H and O–H groups in total. The van der Waals surface area contributed by atoms with Crippen LogP contribution in [0.3, 0.4) is 0 Å². The highest BCUT2D eigenvalue weighted by molar-refractivity contribution is 5.82. The minimum atomic E-state index is -0.160. The van der Waals surface area contributed by atoms with Gasteiger partial charge in [0.15, 0.2) is 17.5 Å². The van der Waals surface area contributed by atoms with Crippen molar-refractivity contribution in [1.29, 1.82) is 0 Å². The third-order valence-corrected chi connectivity index (χ3v) is 4.61. The Morgan fingerprint density at radius 2 is 2.08 bits per heavy atom. The molecule has 7 heteroatoms. The van der Waals surface area contributed by atoms with Crippen LogP contribution in [0.5, 0.6) is 11.5 Å². The van der Waals surface area contributed by atoms with Crippen LogP contribution in [0.1, 0.15) is 19.4 Å². The SMILES string of the molecule is CCOc1cc(CNC(=NC)N2CC(C)C(C(=O)OC)C2)ccc1OC. The summed E-state index contributed by atoms with van der Waals surface area (Å²) >= 11 is 0. The number of hydrogen-bond donors (Lipinski definition) is 1. The van der Waals surface area contributed by atoms with Gasteiger partial charge in [0.05, 0.1) is 26.7 Å². The van der Waals surface area contributed by atoms with Crippen molar-refractivity contribution in [1.82, 2.24) is 10.2 Å². The molecule has 1 aliphatic rings. The molecule has 1 aromatic carbocycles. The number of benzene rings is 1. The van der Waals surface area contributed by atoms with Crippen LogP contribution in [0.4, 0.5) is 0 Å². The van der Waals surface area contributed by atoms with Crippen LogP contribution in [0, 0.1) is 11.8 Å². The molecule has 1 heterocycles. The van der Waals surface area contributed by atoms with Gasteiger partial charge in [-0.2, -0.15) is 0 Å². The van der Waals surface area contributed by atoms with Crippen LogP contribution in [0.25, 0.3) is 0 Å². The van der Waals surface area contributed by atoms with Crippen molar-refractivity contribution in [3.63, 3.8) is 0 Å². The van der Waals surface area contributed by atoms with Gasteiger partial charge in [0.25, 0.3) is 0 Å². The number of rotatable bonds is 6. The van der Waals surface area contributed by atoms with Gasteiger partial charge in [0, 0.05) is 26.7 Å². The Hall–Kier alpha value is -2.44. The average Bonchev–Trinajstić information content (AvgIpc) is 3.03. The molecule has 0 aliphatic carbocycles. The van der Waals surface area contributed by atoms with E-state index in [2.05, 4.69) is 22.1 Å². The van der Waals surface area contributed by atoms with Gasteiger partial charge >= 0.3 is 5.97 Å².